The van der Waals surface area contributed by atoms with E-state index in [1.165, 1.54) is 39.5 Å². The molecule has 3 atom stereocenters. The first-order valence-electron chi connectivity index (χ1n) is 14.7. The van der Waals surface area contributed by atoms with Crippen LogP contribution in [0.15, 0.2) is 35.6 Å². The summed E-state index contributed by atoms with van der Waals surface area (Å²) in [6, 6.07) is 5.87. The number of ketones is 2. The van der Waals surface area contributed by atoms with Gasteiger partial charge < -0.3 is 39.2 Å². The van der Waals surface area contributed by atoms with Gasteiger partial charge >= 0.3 is 0 Å². The zero-order valence-electron chi connectivity index (χ0n) is 25.6. The second kappa shape index (κ2) is 13.2. The van der Waals surface area contributed by atoms with Gasteiger partial charge in [0.15, 0.2) is 28.8 Å². The predicted molar refractivity (Wildman–Crippen MR) is 163 cm³/mol. The van der Waals surface area contributed by atoms with Crippen molar-refractivity contribution in [1.29, 1.82) is 0 Å². The zero-order valence-corrected chi connectivity index (χ0v) is 26.4. The third kappa shape index (κ3) is 5.78. The lowest BCUT2D eigenvalue weighted by Gasteiger charge is -2.38. The van der Waals surface area contributed by atoms with Crippen molar-refractivity contribution in [2.75, 3.05) is 60.7 Å². The standard InChI is InChI=1S/C32H37ClN2O10/c1-17-13-21(37)26(30(39)32(17)31(40)27-23(42-3)16-24(43-4)28(33)29(27)45-32)19(18-5-6-20(36)22(14-18)41-2)15-25(38)34-7-8-35-9-11-44-12-10-35/h5-6,14,16-17,19,36,39H,7-13,15H2,1-4H3,(H,34,38)/t17-,19?,32+/m1/s1. The highest BCUT2D eigenvalue weighted by molar-refractivity contribution is 6.35. The van der Waals surface area contributed by atoms with Crippen LogP contribution in [0.25, 0.3) is 0 Å². The van der Waals surface area contributed by atoms with Gasteiger partial charge in [-0.2, -0.15) is 0 Å². The molecule has 0 radical (unpaired) electrons. The molecule has 45 heavy (non-hydrogen) atoms. The summed E-state index contributed by atoms with van der Waals surface area (Å²) in [4.78, 5) is 43.6. The van der Waals surface area contributed by atoms with Gasteiger partial charge in [-0.1, -0.05) is 24.6 Å². The third-order valence-corrected chi connectivity index (χ3v) is 9.07. The predicted octanol–water partition coefficient (Wildman–Crippen LogP) is 3.43. The number of carbonyl (C=O) groups excluding carboxylic acids is 3. The molecule has 1 fully saturated rings. The first-order valence-corrected chi connectivity index (χ1v) is 15.0. The molecule has 3 N–H and O–H groups in total. The van der Waals surface area contributed by atoms with E-state index in [2.05, 4.69) is 10.2 Å². The summed E-state index contributed by atoms with van der Waals surface area (Å²) in [5, 5.41) is 25.2. The van der Waals surface area contributed by atoms with E-state index in [4.69, 9.17) is 35.3 Å². The molecule has 12 nitrogen and oxygen atoms in total. The topological polar surface area (TPSA) is 153 Å². The van der Waals surface area contributed by atoms with Crippen molar-refractivity contribution in [3.05, 3.63) is 51.7 Å². The van der Waals surface area contributed by atoms with Crippen LogP contribution >= 0.6 is 11.6 Å². The number of methoxy groups -OCH3 is 3. The number of allylic oxidation sites excluding steroid dienone is 1. The van der Waals surface area contributed by atoms with Crippen molar-refractivity contribution in [3.8, 4) is 28.7 Å². The fraction of sp³-hybridized carbons (Fsp3) is 0.469. The monoisotopic (exact) mass is 644 g/mol. The number of hydrogen-bond donors (Lipinski definition) is 3. The quantitative estimate of drug-likeness (QED) is 0.349. The third-order valence-electron chi connectivity index (χ3n) is 8.71. The fourth-order valence-electron chi connectivity index (χ4n) is 6.27. The van der Waals surface area contributed by atoms with Gasteiger partial charge in [-0.15, -0.1) is 0 Å². The number of hydrogen-bond acceptors (Lipinski definition) is 11. The molecular formula is C32H37ClN2O10. The van der Waals surface area contributed by atoms with Crippen LogP contribution in [0.5, 0.6) is 28.7 Å². The van der Waals surface area contributed by atoms with Crippen LogP contribution in [0, 0.1) is 5.92 Å². The maximum absolute atomic E-state index is 14.2. The number of ether oxygens (including phenoxy) is 5. The summed E-state index contributed by atoms with van der Waals surface area (Å²) in [6.07, 6.45) is -0.410. The summed E-state index contributed by atoms with van der Waals surface area (Å²) in [7, 11) is 4.15. The Bertz CT molecular complexity index is 1540. The number of nitrogens with zero attached hydrogens (tertiary/aromatic N) is 1. The van der Waals surface area contributed by atoms with Crippen LogP contribution in [-0.4, -0.2) is 98.9 Å². The Balaban J connectivity index is 1.56. The average Bonchev–Trinajstić information content (AvgIpc) is 3.35. The molecular weight excluding hydrogens is 608 g/mol. The summed E-state index contributed by atoms with van der Waals surface area (Å²) in [5.74, 6) is -3.64. The van der Waals surface area contributed by atoms with Gasteiger partial charge in [0.25, 0.3) is 0 Å². The first kappa shape index (κ1) is 32.4. The minimum atomic E-state index is -2.01. The lowest BCUT2D eigenvalue weighted by atomic mass is 9.69. The molecule has 0 aromatic heterocycles. The van der Waals surface area contributed by atoms with E-state index < -0.39 is 34.8 Å². The molecule has 2 aromatic carbocycles. The van der Waals surface area contributed by atoms with E-state index in [1.807, 2.05) is 0 Å². The molecule has 1 saturated heterocycles. The lowest BCUT2D eigenvalue weighted by molar-refractivity contribution is -0.122. The fourth-order valence-corrected chi connectivity index (χ4v) is 6.54. The molecule has 2 heterocycles. The number of aliphatic hydroxyl groups excluding tert-OH is 1. The van der Waals surface area contributed by atoms with Crippen LogP contribution in [0.1, 0.15) is 41.6 Å². The Morgan fingerprint density at radius 1 is 1.09 bits per heavy atom. The van der Waals surface area contributed by atoms with E-state index in [1.54, 1.807) is 13.0 Å². The van der Waals surface area contributed by atoms with E-state index in [0.29, 0.717) is 31.9 Å². The molecule has 3 aliphatic rings. The Morgan fingerprint density at radius 2 is 1.78 bits per heavy atom. The zero-order chi connectivity index (χ0) is 32.5. The molecule has 1 aliphatic carbocycles. The highest BCUT2D eigenvalue weighted by atomic mass is 35.5. The van der Waals surface area contributed by atoms with E-state index >= 15 is 0 Å². The molecule has 0 bridgehead atoms. The molecule has 13 heteroatoms. The molecule has 0 saturated carbocycles. The van der Waals surface area contributed by atoms with Crippen LogP contribution in [0.4, 0.5) is 0 Å². The molecule has 242 valence electrons. The van der Waals surface area contributed by atoms with Gasteiger partial charge in [0.1, 0.15) is 22.1 Å². The number of fused-ring (bicyclic) bond motifs is 1. The van der Waals surface area contributed by atoms with Crippen molar-refractivity contribution < 1.29 is 48.3 Å². The van der Waals surface area contributed by atoms with Crippen LogP contribution in [-0.2, 0) is 14.3 Å². The van der Waals surface area contributed by atoms with Crippen LogP contribution < -0.4 is 24.3 Å². The van der Waals surface area contributed by atoms with Gasteiger partial charge in [-0.05, 0) is 17.7 Å². The number of nitrogens with one attached hydrogen (secondary N) is 1. The second-order valence-corrected chi connectivity index (χ2v) is 11.6. The van der Waals surface area contributed by atoms with Crippen molar-refractivity contribution in [2.45, 2.75) is 31.3 Å². The Labute approximate surface area is 265 Å². The molecule has 1 unspecified atom stereocenters. The maximum atomic E-state index is 14.2. The lowest BCUT2D eigenvalue weighted by Crippen LogP contribution is -2.53. The molecule has 1 spiro atoms. The number of Topliss-reactive ketones (excluding diaryl/α,β-unsaturated/α-hetero) is 2. The number of phenolic OH excluding ortho intramolecular Hbond substituents is 1. The molecule has 2 aromatic rings. The number of halogens is 1. The minimum absolute atomic E-state index is 0.0106. The van der Waals surface area contributed by atoms with Gasteiger partial charge in [0, 0.05) is 62.5 Å². The number of amides is 1. The molecule has 2 aliphatic heterocycles. The van der Waals surface area contributed by atoms with Crippen LogP contribution in [0.3, 0.4) is 0 Å². The summed E-state index contributed by atoms with van der Waals surface area (Å²) in [6.45, 7) is 5.39. The highest BCUT2D eigenvalue weighted by Crippen LogP contribution is 2.56. The number of morpholine rings is 1. The SMILES string of the molecule is COc1cc(C(CC(=O)NCCN2CCOCC2)C2=C(O)[C@@]3(Oc4c(Cl)c(OC)cc(OC)c4C3=O)[C@H](C)CC2=O)ccc1O. The Kier molecular flexibility index (Phi) is 9.47. The second-order valence-electron chi connectivity index (χ2n) is 11.2. The normalized spacial score (nSPS) is 22.2. The average molecular weight is 645 g/mol. The number of benzene rings is 2. The highest BCUT2D eigenvalue weighted by Gasteiger charge is 2.61. The van der Waals surface area contributed by atoms with E-state index in [9.17, 15) is 24.6 Å². The largest absolute Gasteiger partial charge is 0.507 e. The van der Waals surface area contributed by atoms with Gasteiger partial charge in [-0.25, -0.2) is 0 Å². The summed E-state index contributed by atoms with van der Waals surface area (Å²) >= 11 is 6.57. The van der Waals surface area contributed by atoms with E-state index in [-0.39, 0.29) is 63.7 Å². The van der Waals surface area contributed by atoms with Crippen molar-refractivity contribution in [3.63, 3.8) is 0 Å². The summed E-state index contributed by atoms with van der Waals surface area (Å²) in [5.41, 5.74) is -1.74. The molecule has 5 rings (SSSR count). The van der Waals surface area contributed by atoms with Crippen LogP contribution in [0.2, 0.25) is 5.02 Å². The van der Waals surface area contributed by atoms with E-state index in [0.717, 1.165) is 13.1 Å². The number of aromatic hydroxyl groups is 1. The summed E-state index contributed by atoms with van der Waals surface area (Å²) < 4.78 is 27.7. The van der Waals surface area contributed by atoms with Crippen molar-refractivity contribution in [2.24, 2.45) is 5.92 Å². The van der Waals surface area contributed by atoms with Gasteiger partial charge in [0.2, 0.25) is 17.3 Å². The maximum Gasteiger partial charge on any atom is 0.231 e. The first-order chi connectivity index (χ1) is 21.6. The smallest absolute Gasteiger partial charge is 0.231 e. The minimum Gasteiger partial charge on any atom is -0.507 e. The van der Waals surface area contributed by atoms with Gasteiger partial charge in [-0.3, -0.25) is 19.3 Å². The molecule has 1 amide bonds. The van der Waals surface area contributed by atoms with Crippen molar-refractivity contribution in [1.82, 2.24) is 10.2 Å². The number of carbonyl (C=O) groups is 3. The number of aliphatic hydroxyl groups is 1. The number of phenols is 1. The number of rotatable bonds is 10. The van der Waals surface area contributed by atoms with Gasteiger partial charge in [0.05, 0.1) is 34.5 Å². The van der Waals surface area contributed by atoms with Crippen molar-refractivity contribution >= 4 is 29.1 Å². The Morgan fingerprint density at radius 3 is 2.44 bits per heavy atom. The Hall–Kier alpha value is -4.00.